The molecule has 0 spiro atoms. The summed E-state index contributed by atoms with van der Waals surface area (Å²) in [7, 11) is 0. The number of rotatable bonds is 4. The molecule has 0 aliphatic heterocycles. The van der Waals surface area contributed by atoms with Crippen molar-refractivity contribution < 1.29 is 4.74 Å². The molecule has 1 fully saturated rings. The van der Waals surface area contributed by atoms with Gasteiger partial charge in [-0.1, -0.05) is 18.5 Å². The molecule has 1 aromatic rings. The molecule has 0 heterocycles. The van der Waals surface area contributed by atoms with E-state index >= 15 is 0 Å². The van der Waals surface area contributed by atoms with Crippen LogP contribution in [0.5, 0.6) is 5.75 Å². The Kier molecular flexibility index (Phi) is 4.98. The molecule has 3 heteroatoms. The molecule has 2 nitrogen and oxygen atoms in total. The number of benzene rings is 1. The van der Waals surface area contributed by atoms with E-state index in [1.165, 1.54) is 25.7 Å². The number of hydrogen-bond donors (Lipinski definition) is 1. The third-order valence-electron chi connectivity index (χ3n) is 3.68. The van der Waals surface area contributed by atoms with Crippen molar-refractivity contribution in [1.29, 1.82) is 0 Å². The van der Waals surface area contributed by atoms with Crippen molar-refractivity contribution in [2.24, 2.45) is 5.92 Å². The van der Waals surface area contributed by atoms with Crippen LogP contribution in [-0.4, -0.2) is 12.1 Å². The van der Waals surface area contributed by atoms with Gasteiger partial charge in [0.15, 0.2) is 0 Å². The van der Waals surface area contributed by atoms with E-state index in [1.54, 1.807) is 0 Å². The predicted molar refractivity (Wildman–Crippen MR) is 82.3 cm³/mol. The molecular formula is C16H24ClNO. The largest absolute Gasteiger partial charge is 0.489 e. The van der Waals surface area contributed by atoms with Gasteiger partial charge in [0.25, 0.3) is 0 Å². The van der Waals surface area contributed by atoms with Crippen LogP contribution in [0.15, 0.2) is 18.2 Å². The Morgan fingerprint density at radius 1 is 1.21 bits per heavy atom. The van der Waals surface area contributed by atoms with Crippen LogP contribution in [0.3, 0.4) is 0 Å². The number of anilines is 1. The van der Waals surface area contributed by atoms with E-state index in [2.05, 4.69) is 18.3 Å². The molecule has 0 unspecified atom stereocenters. The second-order valence-electron chi connectivity index (χ2n) is 5.91. The quantitative estimate of drug-likeness (QED) is 0.827. The van der Waals surface area contributed by atoms with E-state index < -0.39 is 0 Å². The summed E-state index contributed by atoms with van der Waals surface area (Å²) in [5.41, 5.74) is 1.10. The average molecular weight is 282 g/mol. The lowest BCUT2D eigenvalue weighted by molar-refractivity contribution is 0.242. The molecule has 1 N–H and O–H groups in total. The Morgan fingerprint density at radius 2 is 1.89 bits per heavy atom. The summed E-state index contributed by atoms with van der Waals surface area (Å²) >= 11 is 6.25. The van der Waals surface area contributed by atoms with Crippen molar-refractivity contribution >= 4 is 17.3 Å². The average Bonchev–Trinajstić information content (AvgIpc) is 2.35. The zero-order valence-corrected chi connectivity index (χ0v) is 12.8. The van der Waals surface area contributed by atoms with Crippen LogP contribution in [0, 0.1) is 5.92 Å². The second kappa shape index (κ2) is 6.51. The zero-order chi connectivity index (χ0) is 13.8. The maximum absolute atomic E-state index is 6.25. The molecule has 0 aromatic heterocycles. The van der Waals surface area contributed by atoms with Gasteiger partial charge in [-0.25, -0.2) is 0 Å². The van der Waals surface area contributed by atoms with Crippen LogP contribution in [-0.2, 0) is 0 Å². The molecule has 0 atom stereocenters. The van der Waals surface area contributed by atoms with E-state index in [1.807, 2.05) is 26.0 Å². The molecule has 19 heavy (non-hydrogen) atoms. The van der Waals surface area contributed by atoms with E-state index in [-0.39, 0.29) is 6.10 Å². The summed E-state index contributed by atoms with van der Waals surface area (Å²) in [6, 6.07) is 6.57. The minimum Gasteiger partial charge on any atom is -0.489 e. The SMILES string of the molecule is CC1CCC(Nc2ccc(OC(C)C)c(Cl)c2)CC1. The molecule has 0 amide bonds. The van der Waals surface area contributed by atoms with Gasteiger partial charge in [0.05, 0.1) is 11.1 Å². The third kappa shape index (κ3) is 4.31. The molecule has 106 valence electrons. The summed E-state index contributed by atoms with van der Waals surface area (Å²) in [6.45, 7) is 6.35. The summed E-state index contributed by atoms with van der Waals surface area (Å²) in [5, 5.41) is 4.27. The van der Waals surface area contributed by atoms with Crippen LogP contribution >= 0.6 is 11.6 Å². The van der Waals surface area contributed by atoms with Crippen molar-refractivity contribution in [1.82, 2.24) is 0 Å². The minimum atomic E-state index is 0.149. The van der Waals surface area contributed by atoms with E-state index in [4.69, 9.17) is 16.3 Å². The Balaban J connectivity index is 1.96. The fourth-order valence-electron chi connectivity index (χ4n) is 2.58. The highest BCUT2D eigenvalue weighted by molar-refractivity contribution is 6.32. The Bertz CT molecular complexity index is 411. The van der Waals surface area contributed by atoms with Gasteiger partial charge in [-0.2, -0.15) is 0 Å². The molecule has 1 aromatic carbocycles. The molecule has 1 saturated carbocycles. The molecule has 0 radical (unpaired) electrons. The van der Waals surface area contributed by atoms with Gasteiger partial charge in [-0.3, -0.25) is 0 Å². The van der Waals surface area contributed by atoms with Gasteiger partial charge in [-0.15, -0.1) is 0 Å². The van der Waals surface area contributed by atoms with E-state index in [0.29, 0.717) is 11.1 Å². The Morgan fingerprint density at radius 3 is 2.47 bits per heavy atom. The summed E-state index contributed by atoms with van der Waals surface area (Å²) in [6.07, 6.45) is 5.29. The molecule has 1 aliphatic rings. The number of hydrogen-bond acceptors (Lipinski definition) is 2. The van der Waals surface area contributed by atoms with Gasteiger partial charge in [-0.05, 0) is 63.6 Å². The third-order valence-corrected chi connectivity index (χ3v) is 3.98. The predicted octanol–water partition coefficient (Wildman–Crippen LogP) is 5.12. The van der Waals surface area contributed by atoms with E-state index in [0.717, 1.165) is 17.4 Å². The fourth-order valence-corrected chi connectivity index (χ4v) is 2.81. The Labute approximate surface area is 121 Å². The lowest BCUT2D eigenvalue weighted by Crippen LogP contribution is -2.25. The van der Waals surface area contributed by atoms with Crippen molar-refractivity contribution in [2.45, 2.75) is 58.6 Å². The minimum absolute atomic E-state index is 0.149. The van der Waals surface area contributed by atoms with Crippen LogP contribution in [0.2, 0.25) is 5.02 Å². The molecule has 0 bridgehead atoms. The lowest BCUT2D eigenvalue weighted by Gasteiger charge is -2.28. The zero-order valence-electron chi connectivity index (χ0n) is 12.1. The van der Waals surface area contributed by atoms with Gasteiger partial charge in [0, 0.05) is 11.7 Å². The van der Waals surface area contributed by atoms with Crippen molar-refractivity contribution in [3.8, 4) is 5.75 Å². The van der Waals surface area contributed by atoms with Crippen LogP contribution in [0.25, 0.3) is 0 Å². The first-order valence-electron chi connectivity index (χ1n) is 7.27. The smallest absolute Gasteiger partial charge is 0.138 e. The molecule has 0 saturated heterocycles. The molecule has 1 aliphatic carbocycles. The summed E-state index contributed by atoms with van der Waals surface area (Å²) in [4.78, 5) is 0. The first-order valence-corrected chi connectivity index (χ1v) is 7.65. The maximum atomic E-state index is 6.25. The molecule has 2 rings (SSSR count). The number of nitrogens with one attached hydrogen (secondary N) is 1. The Hall–Kier alpha value is -0.890. The highest BCUT2D eigenvalue weighted by Gasteiger charge is 2.18. The van der Waals surface area contributed by atoms with Crippen LogP contribution < -0.4 is 10.1 Å². The van der Waals surface area contributed by atoms with Crippen molar-refractivity contribution in [3.05, 3.63) is 23.2 Å². The fraction of sp³-hybridized carbons (Fsp3) is 0.625. The number of halogens is 1. The monoisotopic (exact) mass is 281 g/mol. The first kappa shape index (κ1) is 14.5. The normalized spacial score (nSPS) is 23.4. The highest BCUT2D eigenvalue weighted by Crippen LogP contribution is 2.31. The van der Waals surface area contributed by atoms with Crippen molar-refractivity contribution in [2.75, 3.05) is 5.32 Å². The van der Waals surface area contributed by atoms with Crippen LogP contribution in [0.1, 0.15) is 46.5 Å². The highest BCUT2D eigenvalue weighted by atomic mass is 35.5. The summed E-state index contributed by atoms with van der Waals surface area (Å²) < 4.78 is 5.64. The van der Waals surface area contributed by atoms with Crippen molar-refractivity contribution in [3.63, 3.8) is 0 Å². The van der Waals surface area contributed by atoms with E-state index in [9.17, 15) is 0 Å². The standard InChI is InChI=1S/C16H24ClNO/c1-11(2)19-16-9-8-14(10-15(16)17)18-13-6-4-12(3)5-7-13/h8-13,18H,4-7H2,1-3H3. The van der Waals surface area contributed by atoms with Gasteiger partial charge in [0.2, 0.25) is 0 Å². The maximum Gasteiger partial charge on any atom is 0.138 e. The topological polar surface area (TPSA) is 21.3 Å². The lowest BCUT2D eigenvalue weighted by atomic mass is 9.87. The first-order chi connectivity index (χ1) is 9.04. The number of ether oxygens (including phenoxy) is 1. The van der Waals surface area contributed by atoms with Gasteiger partial charge < -0.3 is 10.1 Å². The van der Waals surface area contributed by atoms with Crippen LogP contribution in [0.4, 0.5) is 5.69 Å². The summed E-state index contributed by atoms with van der Waals surface area (Å²) in [5.74, 6) is 1.64. The van der Waals surface area contributed by atoms with Gasteiger partial charge in [0.1, 0.15) is 5.75 Å². The second-order valence-corrected chi connectivity index (χ2v) is 6.32. The van der Waals surface area contributed by atoms with Gasteiger partial charge >= 0.3 is 0 Å². The molecular weight excluding hydrogens is 258 g/mol.